The maximum atomic E-state index is 10.6. The normalized spacial score (nSPS) is 36.5. The van der Waals surface area contributed by atoms with Crippen LogP contribution in [0.5, 0.6) is 0 Å². The molecule has 2 heteroatoms. The monoisotopic (exact) mass is 229 g/mol. The van der Waals surface area contributed by atoms with Crippen LogP contribution in [-0.4, -0.2) is 35.2 Å². The molecule has 0 amide bonds. The van der Waals surface area contributed by atoms with Gasteiger partial charge in [0.25, 0.3) is 0 Å². The molecular weight excluding hydrogens is 210 g/mol. The summed E-state index contributed by atoms with van der Waals surface area (Å²) in [4.78, 5) is 2.43. The summed E-state index contributed by atoms with van der Waals surface area (Å²) in [6, 6.07) is 10.5. The van der Waals surface area contributed by atoms with E-state index in [1.807, 2.05) is 13.0 Å². The molecule has 17 heavy (non-hydrogen) atoms. The summed E-state index contributed by atoms with van der Waals surface area (Å²) in [5, 5.41) is 10.6. The first kappa shape index (κ1) is 11.0. The Kier molecular flexibility index (Phi) is 2.57. The molecule has 1 aromatic rings. The van der Waals surface area contributed by atoms with Gasteiger partial charge in [0, 0.05) is 25.6 Å². The van der Waals surface area contributed by atoms with E-state index >= 15 is 0 Å². The quantitative estimate of drug-likeness (QED) is 0.797. The van der Waals surface area contributed by atoms with Crippen molar-refractivity contribution in [2.75, 3.05) is 19.6 Å². The molecule has 2 heterocycles. The molecule has 1 aromatic carbocycles. The lowest BCUT2D eigenvalue weighted by molar-refractivity contribution is -0.0366. The summed E-state index contributed by atoms with van der Waals surface area (Å²) in [5.74, 6) is 0.257. The van der Waals surface area contributed by atoms with Gasteiger partial charge in [0.15, 0.2) is 0 Å². The molecule has 1 unspecified atom stereocenters. The second kappa shape index (κ2) is 3.97. The average Bonchev–Trinajstić information content (AvgIpc) is 2.36. The molecule has 2 bridgehead atoms. The van der Waals surface area contributed by atoms with Gasteiger partial charge in [-0.3, -0.25) is 4.90 Å². The predicted octanol–water partition coefficient (Wildman–Crippen LogP) is 2.16. The summed E-state index contributed by atoms with van der Waals surface area (Å²) in [7, 11) is 0. The Labute approximate surface area is 103 Å². The Balaban J connectivity index is 1.99. The van der Waals surface area contributed by atoms with Crippen LogP contribution in [0.25, 0.3) is 5.57 Å². The van der Waals surface area contributed by atoms with E-state index in [9.17, 15) is 5.11 Å². The lowest BCUT2D eigenvalue weighted by atomic mass is 9.74. The van der Waals surface area contributed by atoms with Crippen molar-refractivity contribution < 1.29 is 5.11 Å². The van der Waals surface area contributed by atoms with E-state index in [1.54, 1.807) is 0 Å². The highest BCUT2D eigenvalue weighted by Crippen LogP contribution is 2.39. The zero-order valence-electron chi connectivity index (χ0n) is 10.3. The Morgan fingerprint density at radius 1 is 1.29 bits per heavy atom. The highest BCUT2D eigenvalue weighted by atomic mass is 16.3. The number of aliphatic hydroxyl groups is 1. The maximum absolute atomic E-state index is 10.6. The standard InChI is InChI=1S/C15H19NO/c1-15(17)8-10-16-9-7-13(14(15)11-16)12-5-3-2-4-6-12/h2-7,14,17H,8-11H2,1H3/t14-,15+/m1/s1. The summed E-state index contributed by atoms with van der Waals surface area (Å²) < 4.78 is 0. The van der Waals surface area contributed by atoms with Crippen LogP contribution in [0.3, 0.4) is 0 Å². The van der Waals surface area contributed by atoms with Gasteiger partial charge in [-0.25, -0.2) is 0 Å². The van der Waals surface area contributed by atoms with Crippen molar-refractivity contribution in [2.24, 2.45) is 5.92 Å². The fourth-order valence-corrected chi connectivity index (χ4v) is 3.02. The molecule has 1 fully saturated rings. The third-order valence-electron chi connectivity index (χ3n) is 4.18. The van der Waals surface area contributed by atoms with Crippen LogP contribution >= 0.6 is 0 Å². The third kappa shape index (κ3) is 1.92. The van der Waals surface area contributed by atoms with Crippen molar-refractivity contribution in [3.8, 4) is 0 Å². The Bertz CT molecular complexity index is 435. The molecule has 3 atom stereocenters. The molecule has 0 saturated carbocycles. The summed E-state index contributed by atoms with van der Waals surface area (Å²) >= 11 is 0. The fraction of sp³-hybridized carbons (Fsp3) is 0.467. The Morgan fingerprint density at radius 3 is 2.82 bits per heavy atom. The van der Waals surface area contributed by atoms with E-state index in [4.69, 9.17) is 0 Å². The first-order chi connectivity index (χ1) is 8.17. The van der Waals surface area contributed by atoms with Gasteiger partial charge >= 0.3 is 0 Å². The lowest BCUT2D eigenvalue weighted by Gasteiger charge is -2.46. The van der Waals surface area contributed by atoms with E-state index in [1.165, 1.54) is 11.1 Å². The highest BCUT2D eigenvalue weighted by Gasteiger charge is 2.41. The number of nitrogens with zero attached hydrogens (tertiary/aromatic N) is 1. The van der Waals surface area contributed by atoms with E-state index < -0.39 is 5.60 Å². The zero-order valence-corrected chi connectivity index (χ0v) is 10.3. The minimum atomic E-state index is -0.557. The summed E-state index contributed by atoms with van der Waals surface area (Å²) in [6.07, 6.45) is 3.17. The molecule has 90 valence electrons. The van der Waals surface area contributed by atoms with Crippen LogP contribution in [0, 0.1) is 5.92 Å². The summed E-state index contributed by atoms with van der Waals surface area (Å²) in [6.45, 7) is 5.02. The molecule has 1 N–H and O–H groups in total. The molecule has 2 nitrogen and oxygen atoms in total. The predicted molar refractivity (Wildman–Crippen MR) is 69.6 cm³/mol. The minimum Gasteiger partial charge on any atom is -0.389 e. The van der Waals surface area contributed by atoms with Crippen LogP contribution in [-0.2, 0) is 0 Å². The second-order valence-corrected chi connectivity index (χ2v) is 5.44. The molecule has 2 aliphatic rings. The largest absolute Gasteiger partial charge is 0.389 e. The first-order valence-corrected chi connectivity index (χ1v) is 6.37. The van der Waals surface area contributed by atoms with Crippen LogP contribution < -0.4 is 0 Å². The average molecular weight is 229 g/mol. The first-order valence-electron chi connectivity index (χ1n) is 6.37. The summed E-state index contributed by atoms with van der Waals surface area (Å²) in [5.41, 5.74) is 2.03. The molecule has 0 aromatic heterocycles. The molecule has 0 spiro atoms. The van der Waals surface area contributed by atoms with Gasteiger partial charge in [-0.1, -0.05) is 36.4 Å². The van der Waals surface area contributed by atoms with Crippen molar-refractivity contribution in [2.45, 2.75) is 18.9 Å². The van der Waals surface area contributed by atoms with Crippen molar-refractivity contribution in [3.63, 3.8) is 0 Å². The molecule has 3 rings (SSSR count). The molecule has 1 saturated heterocycles. The Morgan fingerprint density at radius 2 is 2.06 bits per heavy atom. The number of hydrogen-bond donors (Lipinski definition) is 1. The van der Waals surface area contributed by atoms with Crippen molar-refractivity contribution in [1.29, 1.82) is 0 Å². The van der Waals surface area contributed by atoms with E-state index in [-0.39, 0.29) is 5.92 Å². The van der Waals surface area contributed by atoms with Crippen LogP contribution in [0.2, 0.25) is 0 Å². The van der Waals surface area contributed by atoms with Crippen LogP contribution in [0.15, 0.2) is 36.4 Å². The number of benzene rings is 1. The molecule has 0 aliphatic carbocycles. The van der Waals surface area contributed by atoms with Crippen molar-refractivity contribution in [1.82, 2.24) is 4.90 Å². The van der Waals surface area contributed by atoms with Gasteiger partial charge in [0.1, 0.15) is 0 Å². The third-order valence-corrected chi connectivity index (χ3v) is 4.18. The van der Waals surface area contributed by atoms with Gasteiger partial charge in [-0.05, 0) is 24.5 Å². The number of fused-ring (bicyclic) bond motifs is 2. The van der Waals surface area contributed by atoms with E-state index in [2.05, 4.69) is 35.2 Å². The van der Waals surface area contributed by atoms with Crippen LogP contribution in [0.4, 0.5) is 0 Å². The number of piperidine rings is 1. The van der Waals surface area contributed by atoms with Gasteiger partial charge < -0.3 is 5.11 Å². The second-order valence-electron chi connectivity index (χ2n) is 5.44. The lowest BCUT2D eigenvalue weighted by Crippen LogP contribution is -2.52. The minimum absolute atomic E-state index is 0.257. The van der Waals surface area contributed by atoms with Crippen molar-refractivity contribution in [3.05, 3.63) is 42.0 Å². The smallest absolute Gasteiger partial charge is 0.0712 e. The van der Waals surface area contributed by atoms with Crippen LogP contribution in [0.1, 0.15) is 18.9 Å². The van der Waals surface area contributed by atoms with Gasteiger partial charge in [-0.15, -0.1) is 0 Å². The van der Waals surface area contributed by atoms with Gasteiger partial charge in [-0.2, -0.15) is 0 Å². The van der Waals surface area contributed by atoms with E-state index in [0.717, 1.165) is 26.1 Å². The zero-order chi connectivity index (χ0) is 11.9. The fourth-order valence-electron chi connectivity index (χ4n) is 3.02. The topological polar surface area (TPSA) is 23.5 Å². The SMILES string of the molecule is C[C@]1(O)CCN2CC=C(c3ccccc3)[C@H]1C2. The highest BCUT2D eigenvalue weighted by molar-refractivity contribution is 5.69. The number of hydrogen-bond acceptors (Lipinski definition) is 2. The maximum Gasteiger partial charge on any atom is 0.0712 e. The number of rotatable bonds is 1. The van der Waals surface area contributed by atoms with E-state index in [0.29, 0.717) is 0 Å². The van der Waals surface area contributed by atoms with Crippen molar-refractivity contribution >= 4 is 5.57 Å². The Hall–Kier alpha value is -1.12. The van der Waals surface area contributed by atoms with Gasteiger partial charge in [0.2, 0.25) is 0 Å². The molecule has 0 radical (unpaired) electrons. The molecular formula is C15H19NO. The molecule has 2 aliphatic heterocycles. The van der Waals surface area contributed by atoms with Gasteiger partial charge in [0.05, 0.1) is 5.60 Å².